The third kappa shape index (κ3) is 6.73. The average Bonchev–Trinajstić information content (AvgIpc) is 3.06. The number of methoxy groups -OCH3 is 2. The van der Waals surface area contributed by atoms with E-state index in [-0.39, 0.29) is 23.3 Å². The van der Waals surface area contributed by atoms with Crippen molar-refractivity contribution in [2.24, 2.45) is 5.92 Å². The van der Waals surface area contributed by atoms with Gasteiger partial charge >= 0.3 is 0 Å². The van der Waals surface area contributed by atoms with E-state index in [9.17, 15) is 9.59 Å². The van der Waals surface area contributed by atoms with Gasteiger partial charge in [-0.1, -0.05) is 17.7 Å². The fourth-order valence-corrected chi connectivity index (χ4v) is 5.63. The van der Waals surface area contributed by atoms with E-state index in [1.165, 1.54) is 0 Å². The zero-order valence-corrected chi connectivity index (χ0v) is 25.6. The number of fused-ring (bicyclic) bond motifs is 1. The van der Waals surface area contributed by atoms with Crippen molar-refractivity contribution in [3.05, 3.63) is 112 Å². The predicted octanol–water partition coefficient (Wildman–Crippen LogP) is 6.29. The molecule has 1 saturated heterocycles. The van der Waals surface area contributed by atoms with Gasteiger partial charge < -0.3 is 18.9 Å². The van der Waals surface area contributed by atoms with Crippen molar-refractivity contribution < 1.29 is 23.7 Å². The summed E-state index contributed by atoms with van der Waals surface area (Å²) in [6.45, 7) is 3.47. The molecule has 0 unspecified atom stereocenters. The van der Waals surface area contributed by atoms with Crippen LogP contribution in [0.2, 0.25) is 0 Å². The number of nitrogens with zero attached hydrogens (tertiary/aromatic N) is 3. The molecule has 3 aromatic heterocycles. The summed E-state index contributed by atoms with van der Waals surface area (Å²) < 4.78 is 24.1. The molecule has 1 aliphatic rings. The summed E-state index contributed by atoms with van der Waals surface area (Å²) in [5, 5.41) is 0.750. The van der Waals surface area contributed by atoms with Gasteiger partial charge in [-0.05, 0) is 80.1 Å². The molecule has 1 aliphatic heterocycles. The van der Waals surface area contributed by atoms with E-state index in [0.29, 0.717) is 40.1 Å². The first-order valence-electron chi connectivity index (χ1n) is 15.0. The van der Waals surface area contributed by atoms with Crippen molar-refractivity contribution >= 4 is 16.7 Å². The number of ketones is 1. The average molecular weight is 606 g/mol. The van der Waals surface area contributed by atoms with E-state index in [4.69, 9.17) is 18.9 Å². The fourth-order valence-electron chi connectivity index (χ4n) is 5.63. The summed E-state index contributed by atoms with van der Waals surface area (Å²) in [4.78, 5) is 36.2. The minimum absolute atomic E-state index is 0.0146. The summed E-state index contributed by atoms with van der Waals surface area (Å²) in [7, 11) is 3.15. The topological polar surface area (TPSA) is 102 Å². The number of pyridine rings is 3. The molecular formula is C36H35N3O6. The van der Waals surface area contributed by atoms with Crippen LogP contribution in [0.5, 0.6) is 23.0 Å². The molecule has 0 bridgehead atoms. The number of aryl methyl sites for hydroxylation is 1. The number of Topliss-reactive ketones (excluding diaryl/α,β-unsaturated/α-hetero) is 1. The van der Waals surface area contributed by atoms with Gasteiger partial charge in [-0.25, -0.2) is 0 Å². The summed E-state index contributed by atoms with van der Waals surface area (Å²) >= 11 is 0. The lowest BCUT2D eigenvalue weighted by Gasteiger charge is -2.22. The second-order valence-corrected chi connectivity index (χ2v) is 11.3. The van der Waals surface area contributed by atoms with Crippen LogP contribution in [-0.2, 0) is 17.6 Å². The van der Waals surface area contributed by atoms with Gasteiger partial charge in [-0.15, -0.1) is 0 Å². The Labute approximate surface area is 261 Å². The molecule has 230 valence electrons. The van der Waals surface area contributed by atoms with E-state index < -0.39 is 0 Å². The number of ether oxygens (including phenoxy) is 4. The van der Waals surface area contributed by atoms with Gasteiger partial charge in [0.15, 0.2) is 17.3 Å². The molecular weight excluding hydrogens is 570 g/mol. The highest BCUT2D eigenvalue weighted by Crippen LogP contribution is 2.36. The van der Waals surface area contributed by atoms with Gasteiger partial charge in [0.1, 0.15) is 11.5 Å². The Hall–Kier alpha value is -5.02. The lowest BCUT2D eigenvalue weighted by molar-refractivity contribution is 0.0665. The molecule has 6 rings (SSSR count). The zero-order chi connectivity index (χ0) is 31.3. The van der Waals surface area contributed by atoms with Crippen molar-refractivity contribution in [2.75, 3.05) is 27.4 Å². The number of benzene rings is 2. The highest BCUT2D eigenvalue weighted by atomic mass is 16.5. The molecule has 0 saturated carbocycles. The second kappa shape index (κ2) is 13.3. The quantitative estimate of drug-likeness (QED) is 0.171. The Morgan fingerprint density at radius 2 is 1.69 bits per heavy atom. The maximum atomic E-state index is 13.6. The summed E-state index contributed by atoms with van der Waals surface area (Å²) in [6.07, 6.45) is 7.79. The maximum absolute atomic E-state index is 13.6. The second-order valence-electron chi connectivity index (χ2n) is 11.3. The molecule has 1 fully saturated rings. The normalized spacial score (nSPS) is 13.5. The zero-order valence-electron chi connectivity index (χ0n) is 25.6. The van der Waals surface area contributed by atoms with Crippen molar-refractivity contribution in [1.82, 2.24) is 14.5 Å². The van der Waals surface area contributed by atoms with E-state index >= 15 is 0 Å². The molecule has 45 heavy (non-hydrogen) atoms. The first kappa shape index (κ1) is 30.0. The molecule has 9 heteroatoms. The van der Waals surface area contributed by atoms with Gasteiger partial charge in [0, 0.05) is 48.4 Å². The monoisotopic (exact) mass is 605 g/mol. The minimum Gasteiger partial charge on any atom is -0.493 e. The Bertz CT molecular complexity index is 1880. The molecule has 0 aliphatic carbocycles. The lowest BCUT2D eigenvalue weighted by Crippen LogP contribution is -2.27. The molecule has 4 heterocycles. The van der Waals surface area contributed by atoms with Crippen LogP contribution in [0.1, 0.15) is 40.0 Å². The van der Waals surface area contributed by atoms with Crippen molar-refractivity contribution in [2.45, 2.75) is 32.6 Å². The number of hydrogen-bond acceptors (Lipinski definition) is 8. The molecule has 0 radical (unpaired) electrons. The van der Waals surface area contributed by atoms with E-state index in [1.807, 2.05) is 43.5 Å². The number of carbonyl (C=O) groups excluding carboxylic acids is 1. The van der Waals surface area contributed by atoms with Crippen molar-refractivity contribution in [3.8, 4) is 28.7 Å². The van der Waals surface area contributed by atoms with Gasteiger partial charge in [0.25, 0.3) is 5.56 Å². The van der Waals surface area contributed by atoms with Crippen LogP contribution in [0.4, 0.5) is 0 Å². The predicted molar refractivity (Wildman–Crippen MR) is 171 cm³/mol. The number of hydrogen-bond donors (Lipinski definition) is 0. The number of aromatic nitrogens is 3. The van der Waals surface area contributed by atoms with Gasteiger partial charge in [0.05, 0.1) is 37.9 Å². The summed E-state index contributed by atoms with van der Waals surface area (Å²) in [6, 6.07) is 18.4. The highest BCUT2D eigenvalue weighted by molar-refractivity contribution is 5.97. The summed E-state index contributed by atoms with van der Waals surface area (Å²) in [5.41, 5.74) is 3.84. The highest BCUT2D eigenvalue weighted by Gasteiger charge is 2.20. The molecule has 5 aromatic rings. The third-order valence-electron chi connectivity index (χ3n) is 8.13. The molecule has 0 N–H and O–H groups in total. The Morgan fingerprint density at radius 1 is 0.933 bits per heavy atom. The first-order valence-corrected chi connectivity index (χ1v) is 15.0. The molecule has 0 atom stereocenters. The Kier molecular flexibility index (Phi) is 8.89. The number of carbonyl (C=O) groups is 1. The van der Waals surface area contributed by atoms with Crippen LogP contribution in [0.25, 0.3) is 16.6 Å². The van der Waals surface area contributed by atoms with Gasteiger partial charge in [-0.3, -0.25) is 24.1 Å². The van der Waals surface area contributed by atoms with Crippen LogP contribution in [0, 0.1) is 12.8 Å². The Morgan fingerprint density at radius 3 is 2.40 bits per heavy atom. The molecule has 2 aromatic carbocycles. The minimum atomic E-state index is -0.337. The van der Waals surface area contributed by atoms with Crippen molar-refractivity contribution in [1.29, 1.82) is 0 Å². The van der Waals surface area contributed by atoms with Crippen LogP contribution >= 0.6 is 0 Å². The van der Waals surface area contributed by atoms with Gasteiger partial charge in [-0.2, -0.15) is 0 Å². The van der Waals surface area contributed by atoms with E-state index in [1.54, 1.807) is 61.5 Å². The number of rotatable bonds is 10. The lowest BCUT2D eigenvalue weighted by atomic mass is 9.92. The van der Waals surface area contributed by atoms with Crippen LogP contribution in [0.15, 0.2) is 84.0 Å². The smallest absolute Gasteiger partial charge is 0.265 e. The van der Waals surface area contributed by atoms with E-state index in [0.717, 1.165) is 54.7 Å². The third-order valence-corrected chi connectivity index (χ3v) is 8.13. The van der Waals surface area contributed by atoms with Crippen molar-refractivity contribution in [3.63, 3.8) is 0 Å². The van der Waals surface area contributed by atoms with Gasteiger partial charge in [0.2, 0.25) is 0 Å². The molecule has 0 amide bonds. The first-order chi connectivity index (χ1) is 21.9. The Balaban J connectivity index is 1.24. The maximum Gasteiger partial charge on any atom is 0.265 e. The van der Waals surface area contributed by atoms with Crippen LogP contribution in [0.3, 0.4) is 0 Å². The molecule has 0 spiro atoms. The SMILES string of the molecule is COc1cc2nccc(Oc3ccc(CC(=O)c4cc(CC5CCOCC5)cn(-c5ccc(C)cc5)c4=O)nc3)c2cc1OC. The largest absolute Gasteiger partial charge is 0.493 e. The van der Waals surface area contributed by atoms with Crippen LogP contribution in [-0.4, -0.2) is 47.8 Å². The molecule has 9 nitrogen and oxygen atoms in total. The van der Waals surface area contributed by atoms with Crippen LogP contribution < -0.4 is 19.8 Å². The fraction of sp³-hybridized carbons (Fsp3) is 0.278. The van der Waals surface area contributed by atoms with E-state index in [2.05, 4.69) is 9.97 Å². The standard InChI is InChI=1S/C36H35N3O6/c1-23-4-7-27(8-5-23)39-22-25(16-24-11-14-44-15-12-24)17-30(36(39)41)32(40)18-26-6-9-28(21-38-26)45-33-10-13-37-31-20-35(43-3)34(42-2)19-29(31)33/h4-10,13,17,19-22,24H,11-12,14-16,18H2,1-3H3. The summed E-state index contributed by atoms with van der Waals surface area (Å²) in [5.74, 6) is 2.37.